The first-order chi connectivity index (χ1) is 12.2. The van der Waals surface area contributed by atoms with Crippen LogP contribution in [0.25, 0.3) is 11.4 Å². The van der Waals surface area contributed by atoms with Gasteiger partial charge in [0, 0.05) is 29.8 Å². The van der Waals surface area contributed by atoms with Gasteiger partial charge in [-0.15, -0.1) is 11.3 Å². The van der Waals surface area contributed by atoms with Gasteiger partial charge in [0.15, 0.2) is 0 Å². The summed E-state index contributed by atoms with van der Waals surface area (Å²) in [5, 5.41) is 6.11. The zero-order valence-electron chi connectivity index (χ0n) is 14.0. The molecule has 1 atom stereocenters. The Hall–Kier alpha value is -2.47. The van der Waals surface area contributed by atoms with E-state index in [0.29, 0.717) is 24.6 Å². The molecule has 0 radical (unpaired) electrons. The van der Waals surface area contributed by atoms with Gasteiger partial charge in [0.1, 0.15) is 0 Å². The molecule has 0 bridgehead atoms. The van der Waals surface area contributed by atoms with Crippen LogP contribution in [0.5, 0.6) is 0 Å². The summed E-state index contributed by atoms with van der Waals surface area (Å²) in [6.45, 7) is 2.88. The number of fused-ring (bicyclic) bond motifs is 1. The largest absolute Gasteiger partial charge is 0.339 e. The molecule has 0 spiro atoms. The van der Waals surface area contributed by atoms with Crippen molar-refractivity contribution < 1.29 is 9.32 Å². The quantitative estimate of drug-likeness (QED) is 0.714. The Morgan fingerprint density at radius 3 is 3.00 bits per heavy atom. The van der Waals surface area contributed by atoms with E-state index in [-0.39, 0.29) is 11.9 Å². The number of aromatic nitrogens is 2. The van der Waals surface area contributed by atoms with Gasteiger partial charge in [-0.2, -0.15) is 4.98 Å². The monoisotopic (exact) mass is 353 g/mol. The highest BCUT2D eigenvalue weighted by atomic mass is 32.1. The molecule has 0 fully saturated rings. The summed E-state index contributed by atoms with van der Waals surface area (Å²) in [7, 11) is 0. The Balaban J connectivity index is 1.39. The van der Waals surface area contributed by atoms with Crippen molar-refractivity contribution in [2.24, 2.45) is 0 Å². The van der Waals surface area contributed by atoms with Gasteiger partial charge in [-0.25, -0.2) is 0 Å². The van der Waals surface area contributed by atoms with E-state index in [2.05, 4.69) is 28.5 Å². The Morgan fingerprint density at radius 1 is 1.32 bits per heavy atom. The molecule has 1 amide bonds. The number of rotatable bonds is 4. The van der Waals surface area contributed by atoms with E-state index in [1.54, 1.807) is 11.3 Å². The van der Waals surface area contributed by atoms with Crippen molar-refractivity contribution in [3.05, 3.63) is 58.1 Å². The standard InChI is InChI=1S/C19H19N3O2S/c1-13-15-10-12-25-16(15)9-11-22(13)18(23)8-7-17-20-19(21-24-17)14-5-3-2-4-6-14/h2-6,10,12-13H,7-9,11H2,1H3/t13-/m0/s1. The van der Waals surface area contributed by atoms with Crippen LogP contribution in [0.2, 0.25) is 0 Å². The molecule has 0 N–H and O–H groups in total. The number of carbonyl (C=O) groups is 1. The molecule has 6 heteroatoms. The second-order valence-corrected chi connectivity index (χ2v) is 7.19. The maximum Gasteiger partial charge on any atom is 0.227 e. The van der Waals surface area contributed by atoms with Gasteiger partial charge in [-0.3, -0.25) is 4.79 Å². The SMILES string of the molecule is C[C@H]1c2ccsc2CCN1C(=O)CCc1nc(-c2ccccc2)no1. The average Bonchev–Trinajstić information content (AvgIpc) is 3.30. The summed E-state index contributed by atoms with van der Waals surface area (Å²) in [6, 6.07) is 12.0. The number of carbonyl (C=O) groups excluding carboxylic acids is 1. The third-order valence-electron chi connectivity index (χ3n) is 4.65. The molecule has 1 aliphatic heterocycles. The topological polar surface area (TPSA) is 59.2 Å². The molecule has 3 heterocycles. The smallest absolute Gasteiger partial charge is 0.227 e. The lowest BCUT2D eigenvalue weighted by molar-refractivity contribution is -0.133. The van der Waals surface area contributed by atoms with Crippen molar-refractivity contribution in [2.45, 2.75) is 32.2 Å². The van der Waals surface area contributed by atoms with E-state index in [9.17, 15) is 4.79 Å². The van der Waals surface area contributed by atoms with E-state index < -0.39 is 0 Å². The number of benzene rings is 1. The molecule has 0 saturated heterocycles. The zero-order chi connectivity index (χ0) is 17.2. The summed E-state index contributed by atoms with van der Waals surface area (Å²) < 4.78 is 5.30. The summed E-state index contributed by atoms with van der Waals surface area (Å²) in [5.41, 5.74) is 2.20. The Kier molecular flexibility index (Phi) is 4.36. The van der Waals surface area contributed by atoms with Crippen LogP contribution < -0.4 is 0 Å². The molecule has 25 heavy (non-hydrogen) atoms. The van der Waals surface area contributed by atoms with E-state index in [0.717, 1.165) is 18.5 Å². The van der Waals surface area contributed by atoms with Crippen molar-refractivity contribution in [2.75, 3.05) is 6.54 Å². The summed E-state index contributed by atoms with van der Waals surface area (Å²) in [6.07, 6.45) is 1.81. The van der Waals surface area contributed by atoms with Crippen LogP contribution in [0, 0.1) is 0 Å². The van der Waals surface area contributed by atoms with E-state index in [1.165, 1.54) is 10.4 Å². The third-order valence-corrected chi connectivity index (χ3v) is 5.65. The van der Waals surface area contributed by atoms with Gasteiger partial charge in [-0.05, 0) is 30.4 Å². The molecular formula is C19H19N3O2S. The number of nitrogens with zero attached hydrogens (tertiary/aromatic N) is 3. The molecule has 3 aromatic rings. The number of amides is 1. The average molecular weight is 353 g/mol. The predicted octanol–water partition coefficient (Wildman–Crippen LogP) is 3.88. The molecule has 1 aromatic carbocycles. The van der Waals surface area contributed by atoms with Gasteiger partial charge in [0.2, 0.25) is 17.6 Å². The van der Waals surface area contributed by atoms with Gasteiger partial charge in [-0.1, -0.05) is 35.5 Å². The Labute approximate surface area is 150 Å². The molecule has 0 unspecified atom stereocenters. The number of thiophene rings is 1. The highest BCUT2D eigenvalue weighted by Gasteiger charge is 2.28. The summed E-state index contributed by atoms with van der Waals surface area (Å²) in [5.74, 6) is 1.22. The fourth-order valence-electron chi connectivity index (χ4n) is 3.27. The van der Waals surface area contributed by atoms with Crippen molar-refractivity contribution in [3.8, 4) is 11.4 Å². The fourth-order valence-corrected chi connectivity index (χ4v) is 4.23. The second kappa shape index (κ2) is 6.80. The first kappa shape index (κ1) is 16.0. The van der Waals surface area contributed by atoms with Crippen LogP contribution in [-0.4, -0.2) is 27.5 Å². The van der Waals surface area contributed by atoms with E-state index in [4.69, 9.17) is 4.52 Å². The fraction of sp³-hybridized carbons (Fsp3) is 0.316. The third kappa shape index (κ3) is 3.22. The maximum atomic E-state index is 12.6. The minimum Gasteiger partial charge on any atom is -0.339 e. The lowest BCUT2D eigenvalue weighted by atomic mass is 10.0. The van der Waals surface area contributed by atoms with Crippen molar-refractivity contribution in [3.63, 3.8) is 0 Å². The van der Waals surface area contributed by atoms with Gasteiger partial charge >= 0.3 is 0 Å². The Bertz CT molecular complexity index is 872. The van der Waals surface area contributed by atoms with Crippen LogP contribution in [-0.2, 0) is 17.6 Å². The highest BCUT2D eigenvalue weighted by molar-refractivity contribution is 7.10. The molecule has 1 aliphatic rings. The highest BCUT2D eigenvalue weighted by Crippen LogP contribution is 2.33. The second-order valence-electron chi connectivity index (χ2n) is 6.19. The van der Waals surface area contributed by atoms with Gasteiger partial charge < -0.3 is 9.42 Å². The lowest BCUT2D eigenvalue weighted by Crippen LogP contribution is -2.38. The van der Waals surface area contributed by atoms with Crippen LogP contribution in [0.4, 0.5) is 0 Å². The van der Waals surface area contributed by atoms with E-state index in [1.807, 2.05) is 35.2 Å². The predicted molar refractivity (Wildman–Crippen MR) is 96.2 cm³/mol. The minimum absolute atomic E-state index is 0.142. The first-order valence-electron chi connectivity index (χ1n) is 8.46. The Morgan fingerprint density at radius 2 is 2.16 bits per heavy atom. The molecule has 2 aromatic heterocycles. The van der Waals surface area contributed by atoms with Crippen molar-refractivity contribution >= 4 is 17.2 Å². The van der Waals surface area contributed by atoms with Crippen molar-refractivity contribution in [1.82, 2.24) is 15.0 Å². The molecule has 128 valence electrons. The number of hydrogen-bond acceptors (Lipinski definition) is 5. The van der Waals surface area contributed by atoms with Gasteiger partial charge in [0.05, 0.1) is 6.04 Å². The summed E-state index contributed by atoms with van der Waals surface area (Å²) in [4.78, 5) is 20.4. The van der Waals surface area contributed by atoms with Crippen LogP contribution >= 0.6 is 11.3 Å². The number of hydrogen-bond donors (Lipinski definition) is 0. The zero-order valence-corrected chi connectivity index (χ0v) is 14.8. The van der Waals surface area contributed by atoms with Crippen molar-refractivity contribution in [1.29, 1.82) is 0 Å². The molecular weight excluding hydrogens is 334 g/mol. The number of aryl methyl sites for hydroxylation is 1. The lowest BCUT2D eigenvalue weighted by Gasteiger charge is -2.33. The van der Waals surface area contributed by atoms with Gasteiger partial charge in [0.25, 0.3) is 0 Å². The van der Waals surface area contributed by atoms with Crippen LogP contribution in [0.1, 0.15) is 35.7 Å². The normalized spacial score (nSPS) is 16.7. The molecule has 0 aliphatic carbocycles. The van der Waals surface area contributed by atoms with E-state index >= 15 is 0 Å². The van der Waals surface area contributed by atoms with Crippen LogP contribution in [0.3, 0.4) is 0 Å². The maximum absolute atomic E-state index is 12.6. The van der Waals surface area contributed by atoms with Crippen LogP contribution in [0.15, 0.2) is 46.3 Å². The summed E-state index contributed by atoms with van der Waals surface area (Å²) >= 11 is 1.78. The molecule has 0 saturated carbocycles. The molecule has 4 rings (SSSR count). The molecule has 5 nitrogen and oxygen atoms in total. The minimum atomic E-state index is 0.142. The first-order valence-corrected chi connectivity index (χ1v) is 9.34.